The normalized spacial score (nSPS) is 13.7. The molecule has 15 heteroatoms. The second-order valence-electron chi connectivity index (χ2n) is 10.2. The van der Waals surface area contributed by atoms with Crippen LogP contribution in [0.15, 0.2) is 85.2 Å². The summed E-state index contributed by atoms with van der Waals surface area (Å²) in [5.41, 5.74) is 1.19. The Hall–Kier alpha value is -5.44. The number of benzene rings is 2. The molecule has 3 N–H and O–H groups in total. The predicted molar refractivity (Wildman–Crippen MR) is 161 cm³/mol. The number of amides is 2. The minimum atomic E-state index is -5.02. The lowest BCUT2D eigenvalue weighted by Gasteiger charge is -2.33. The van der Waals surface area contributed by atoms with E-state index >= 15 is 0 Å². The van der Waals surface area contributed by atoms with Crippen LogP contribution >= 0.6 is 0 Å². The van der Waals surface area contributed by atoms with Crippen LogP contribution in [0, 0.1) is 11.7 Å². The maximum absolute atomic E-state index is 13.4. The number of carboxylic acid groups (broad SMARTS) is 2. The third kappa shape index (κ3) is 11.5. The maximum atomic E-state index is 13.4. The molecule has 248 valence electrons. The van der Waals surface area contributed by atoms with E-state index in [0.29, 0.717) is 62.4 Å². The van der Waals surface area contributed by atoms with Crippen molar-refractivity contribution < 1.29 is 51.7 Å². The van der Waals surface area contributed by atoms with Gasteiger partial charge in [-0.25, -0.2) is 14.0 Å². The highest BCUT2D eigenvalue weighted by Gasteiger charge is 2.38. The number of carbonyl (C=O) groups is 5. The van der Waals surface area contributed by atoms with Gasteiger partial charge in [0.05, 0.1) is 11.9 Å². The molecule has 1 aromatic heterocycles. The van der Waals surface area contributed by atoms with E-state index in [-0.39, 0.29) is 28.9 Å². The van der Waals surface area contributed by atoms with Crippen LogP contribution in [-0.2, 0) is 14.4 Å². The minimum Gasteiger partial charge on any atom is -0.478 e. The van der Waals surface area contributed by atoms with E-state index in [1.165, 1.54) is 53.4 Å². The summed E-state index contributed by atoms with van der Waals surface area (Å²) in [4.78, 5) is 64.2. The lowest BCUT2D eigenvalue weighted by atomic mass is 9.89. The maximum Gasteiger partial charge on any atom is 0.471 e. The van der Waals surface area contributed by atoms with Gasteiger partial charge in [-0.1, -0.05) is 0 Å². The van der Waals surface area contributed by atoms with E-state index in [4.69, 9.17) is 10.2 Å². The Balaban J connectivity index is 0.000000665. The Bertz CT molecular complexity index is 1560. The number of likely N-dealkylation sites (tertiary alicyclic amines) is 1. The number of carboxylic acids is 2. The van der Waals surface area contributed by atoms with Crippen LogP contribution in [0.25, 0.3) is 0 Å². The Morgan fingerprint density at radius 2 is 1.47 bits per heavy atom. The van der Waals surface area contributed by atoms with Crippen LogP contribution in [0.5, 0.6) is 0 Å². The van der Waals surface area contributed by atoms with E-state index in [2.05, 4.69) is 9.88 Å². The first-order valence-corrected chi connectivity index (χ1v) is 14.1. The van der Waals surface area contributed by atoms with Gasteiger partial charge >= 0.3 is 24.0 Å². The summed E-state index contributed by atoms with van der Waals surface area (Å²) in [6.45, 7) is 2.14. The fourth-order valence-electron chi connectivity index (χ4n) is 4.57. The van der Waals surface area contributed by atoms with Crippen molar-refractivity contribution >= 4 is 40.9 Å². The van der Waals surface area contributed by atoms with Gasteiger partial charge < -0.3 is 25.3 Å². The second-order valence-corrected chi connectivity index (χ2v) is 10.2. The smallest absolute Gasteiger partial charge is 0.471 e. The van der Waals surface area contributed by atoms with Crippen molar-refractivity contribution in [2.75, 3.05) is 36.4 Å². The number of nitrogens with zero attached hydrogens (tertiary/aromatic N) is 3. The van der Waals surface area contributed by atoms with E-state index in [1.54, 1.807) is 29.8 Å². The number of halogens is 4. The lowest BCUT2D eigenvalue weighted by Crippen LogP contribution is -2.43. The first-order chi connectivity index (χ1) is 22.2. The number of anilines is 2. The molecule has 0 bridgehead atoms. The average molecular weight is 659 g/mol. The monoisotopic (exact) mass is 658 g/mol. The molecule has 1 aliphatic rings. The number of aromatic nitrogens is 1. The molecule has 0 atom stereocenters. The van der Waals surface area contributed by atoms with Gasteiger partial charge in [0.2, 0.25) is 0 Å². The number of Topliss-reactive ketones (excluding diaryl/α,β-unsaturated/α-hetero) is 1. The van der Waals surface area contributed by atoms with Crippen LogP contribution in [-0.4, -0.2) is 82.0 Å². The quantitative estimate of drug-likeness (QED) is 0.160. The Morgan fingerprint density at radius 3 is 1.98 bits per heavy atom. The number of nitrogens with one attached hydrogen (secondary N) is 1. The summed E-state index contributed by atoms with van der Waals surface area (Å²) in [5.74, 6) is -5.53. The molecule has 1 fully saturated rings. The van der Waals surface area contributed by atoms with Crippen molar-refractivity contribution in [2.24, 2.45) is 5.92 Å². The van der Waals surface area contributed by atoms with Crippen molar-refractivity contribution in [1.82, 2.24) is 9.88 Å². The number of ketones is 1. The molecule has 4 rings (SSSR count). The highest BCUT2D eigenvalue weighted by molar-refractivity contribution is 6.06. The van der Waals surface area contributed by atoms with E-state index in [1.807, 2.05) is 0 Å². The number of hydrogen-bond donors (Lipinski definition) is 3. The Labute approximate surface area is 266 Å². The first kappa shape index (κ1) is 36.0. The zero-order valence-electron chi connectivity index (χ0n) is 24.7. The van der Waals surface area contributed by atoms with Crippen molar-refractivity contribution in [1.29, 1.82) is 0 Å². The van der Waals surface area contributed by atoms with Crippen molar-refractivity contribution in [2.45, 2.75) is 19.0 Å². The van der Waals surface area contributed by atoms with Crippen LogP contribution < -0.4 is 10.2 Å². The number of alkyl halides is 3. The summed E-state index contributed by atoms with van der Waals surface area (Å²) >= 11 is 0. The van der Waals surface area contributed by atoms with Gasteiger partial charge in [0, 0.05) is 54.2 Å². The molecule has 11 nitrogen and oxygen atoms in total. The van der Waals surface area contributed by atoms with Crippen LogP contribution in [0.3, 0.4) is 0 Å². The number of pyridine rings is 1. The molecule has 0 unspecified atom stereocenters. The van der Waals surface area contributed by atoms with Gasteiger partial charge in [-0.2, -0.15) is 13.2 Å². The number of hydrogen-bond acceptors (Lipinski definition) is 7. The summed E-state index contributed by atoms with van der Waals surface area (Å²) in [6.07, 6.45) is 0.500. The molecule has 2 amide bonds. The molecular weight excluding hydrogens is 628 g/mol. The van der Waals surface area contributed by atoms with Crippen molar-refractivity contribution in [3.63, 3.8) is 0 Å². The van der Waals surface area contributed by atoms with Crippen LogP contribution in [0.2, 0.25) is 0 Å². The summed E-state index contributed by atoms with van der Waals surface area (Å²) in [6, 6.07) is 14.2. The fraction of sp³-hybridized carbons (Fsp3) is 0.250. The Kier molecular flexibility index (Phi) is 12.8. The Morgan fingerprint density at radius 1 is 0.894 bits per heavy atom. The van der Waals surface area contributed by atoms with Crippen LogP contribution in [0.1, 0.15) is 33.6 Å². The SMILES string of the molecule is O=C(O)/C=C/C(=O)O.O=C(c1ccc(F)cc1)C1CCN(CCN(C(=O)c2ccc(NC(=O)C(F)(F)F)cc2)c2cccnc2)CC1. The van der Waals surface area contributed by atoms with Gasteiger partial charge in [0.25, 0.3) is 5.91 Å². The molecule has 0 spiro atoms. The number of carbonyl (C=O) groups excluding carboxylic acids is 3. The van der Waals surface area contributed by atoms with Gasteiger partial charge in [-0.05, 0) is 86.6 Å². The fourth-order valence-corrected chi connectivity index (χ4v) is 4.57. The summed E-state index contributed by atoms with van der Waals surface area (Å²) < 4.78 is 50.7. The molecule has 0 saturated carbocycles. The van der Waals surface area contributed by atoms with Crippen molar-refractivity contribution in [3.05, 3.63) is 102 Å². The summed E-state index contributed by atoms with van der Waals surface area (Å²) in [7, 11) is 0. The van der Waals surface area contributed by atoms with Gasteiger partial charge in [0.15, 0.2) is 5.78 Å². The first-order valence-electron chi connectivity index (χ1n) is 14.1. The predicted octanol–water partition coefficient (Wildman–Crippen LogP) is 4.68. The lowest BCUT2D eigenvalue weighted by molar-refractivity contribution is -0.167. The highest BCUT2D eigenvalue weighted by Crippen LogP contribution is 2.24. The molecule has 1 aliphatic heterocycles. The molecule has 2 aromatic carbocycles. The van der Waals surface area contributed by atoms with Gasteiger partial charge in [-0.3, -0.25) is 19.4 Å². The highest BCUT2D eigenvalue weighted by atomic mass is 19.4. The molecular formula is C32H30F4N4O7. The van der Waals surface area contributed by atoms with Crippen molar-refractivity contribution in [3.8, 4) is 0 Å². The third-order valence-corrected chi connectivity index (χ3v) is 6.95. The molecule has 0 aliphatic carbocycles. The van der Waals surface area contributed by atoms with Crippen LogP contribution in [0.4, 0.5) is 28.9 Å². The zero-order valence-corrected chi connectivity index (χ0v) is 24.7. The number of piperidine rings is 1. The van der Waals surface area contributed by atoms with Gasteiger partial charge in [0.1, 0.15) is 5.82 Å². The molecule has 47 heavy (non-hydrogen) atoms. The van der Waals surface area contributed by atoms with Gasteiger partial charge in [-0.15, -0.1) is 0 Å². The van der Waals surface area contributed by atoms with E-state index < -0.39 is 29.8 Å². The topological polar surface area (TPSA) is 157 Å². The standard InChI is InChI=1S/C28H26F4N4O3.C4H4O4/c29-22-7-3-19(4-8-22)25(37)20-11-14-35(15-12-20)16-17-36(24-2-1-13-33-18-24)26(38)21-5-9-23(10-6-21)34-27(39)28(30,31)32;5-3(6)1-2-4(7)8/h1-10,13,18,20H,11-12,14-17H2,(H,34,39);1-2H,(H,5,6)(H,7,8)/b;2-1+. The zero-order chi connectivity index (χ0) is 34.6. The van der Waals surface area contributed by atoms with E-state index in [9.17, 15) is 41.5 Å². The molecule has 3 aromatic rings. The molecule has 2 heterocycles. The minimum absolute atomic E-state index is 0.00307. The third-order valence-electron chi connectivity index (χ3n) is 6.95. The largest absolute Gasteiger partial charge is 0.478 e. The summed E-state index contributed by atoms with van der Waals surface area (Å²) in [5, 5.41) is 17.4. The average Bonchev–Trinajstić information content (AvgIpc) is 3.05. The molecule has 1 saturated heterocycles. The second kappa shape index (κ2) is 16.7. The number of aliphatic carboxylic acids is 2. The van der Waals surface area contributed by atoms with E-state index in [0.717, 1.165) is 0 Å². The molecule has 0 radical (unpaired) electrons. The number of rotatable bonds is 10.